The van der Waals surface area contributed by atoms with Gasteiger partial charge in [0.05, 0.1) is 23.8 Å². The molecule has 1 amide bonds. The van der Waals surface area contributed by atoms with E-state index >= 15 is 0 Å². The van der Waals surface area contributed by atoms with Gasteiger partial charge in [-0.1, -0.05) is 12.1 Å². The van der Waals surface area contributed by atoms with Gasteiger partial charge in [0.1, 0.15) is 11.6 Å². The summed E-state index contributed by atoms with van der Waals surface area (Å²) >= 11 is 0. The lowest BCUT2D eigenvalue weighted by Crippen LogP contribution is -2.24. The Morgan fingerprint density at radius 3 is 2.64 bits per heavy atom. The van der Waals surface area contributed by atoms with Crippen molar-refractivity contribution in [3.8, 4) is 11.8 Å². The van der Waals surface area contributed by atoms with Gasteiger partial charge in [0.25, 0.3) is 0 Å². The Kier molecular flexibility index (Phi) is 7.38. The predicted octanol–water partition coefficient (Wildman–Crippen LogP) is 4.58. The number of alkyl halides is 3. The Balaban J connectivity index is 1.73. The number of ether oxygens (including phenoxy) is 1. The van der Waals surface area contributed by atoms with Crippen molar-refractivity contribution in [3.05, 3.63) is 65.0 Å². The van der Waals surface area contributed by atoms with Gasteiger partial charge in [-0.3, -0.25) is 4.79 Å². The molecular weight excluding hydrogens is 376 g/mol. The van der Waals surface area contributed by atoms with E-state index in [4.69, 9.17) is 10.00 Å². The van der Waals surface area contributed by atoms with Crippen LogP contribution in [0.15, 0.2) is 42.5 Å². The molecule has 0 radical (unpaired) electrons. The minimum Gasteiger partial charge on any atom is -0.494 e. The van der Waals surface area contributed by atoms with Crippen LogP contribution in [0.4, 0.5) is 17.6 Å². The number of benzene rings is 2. The van der Waals surface area contributed by atoms with Gasteiger partial charge in [0.15, 0.2) is 0 Å². The molecular formula is C20H18F4N2O2. The number of hydrogen-bond donors (Lipinski definition) is 1. The van der Waals surface area contributed by atoms with Crippen LogP contribution >= 0.6 is 0 Å². The van der Waals surface area contributed by atoms with Gasteiger partial charge in [-0.2, -0.15) is 18.4 Å². The summed E-state index contributed by atoms with van der Waals surface area (Å²) in [6, 6.07) is 11.0. The molecule has 0 saturated heterocycles. The third kappa shape index (κ3) is 6.58. The van der Waals surface area contributed by atoms with Gasteiger partial charge < -0.3 is 10.1 Å². The van der Waals surface area contributed by atoms with Gasteiger partial charge in [0, 0.05) is 13.0 Å². The van der Waals surface area contributed by atoms with Crippen molar-refractivity contribution in [3.63, 3.8) is 0 Å². The predicted molar refractivity (Wildman–Crippen MR) is 93.8 cm³/mol. The SMILES string of the molecule is N#Cc1cccc(OCCCCC(=O)NCc2ccc(F)cc2C(F)(F)F)c1. The number of nitrogens with one attached hydrogen (secondary N) is 1. The topological polar surface area (TPSA) is 62.1 Å². The first-order chi connectivity index (χ1) is 13.3. The fourth-order valence-corrected chi connectivity index (χ4v) is 2.48. The molecule has 2 aromatic carbocycles. The van der Waals surface area contributed by atoms with Crippen LogP contribution in [0.5, 0.6) is 5.75 Å². The van der Waals surface area contributed by atoms with Crippen LogP contribution in [0.1, 0.15) is 36.0 Å². The molecule has 0 aliphatic rings. The Morgan fingerprint density at radius 1 is 1.14 bits per heavy atom. The lowest BCUT2D eigenvalue weighted by molar-refractivity contribution is -0.138. The maximum atomic E-state index is 13.1. The largest absolute Gasteiger partial charge is 0.494 e. The first kappa shape index (κ1) is 21.2. The van der Waals surface area contributed by atoms with Gasteiger partial charge in [-0.15, -0.1) is 0 Å². The number of amides is 1. The van der Waals surface area contributed by atoms with E-state index < -0.39 is 23.5 Å². The number of carbonyl (C=O) groups excluding carboxylic acids is 1. The van der Waals surface area contributed by atoms with Crippen LogP contribution in [0, 0.1) is 17.1 Å². The van der Waals surface area contributed by atoms with Crippen molar-refractivity contribution in [2.45, 2.75) is 32.0 Å². The molecule has 0 heterocycles. The molecule has 0 aromatic heterocycles. The second kappa shape index (κ2) is 9.74. The zero-order valence-electron chi connectivity index (χ0n) is 14.9. The van der Waals surface area contributed by atoms with Crippen LogP contribution < -0.4 is 10.1 Å². The molecule has 1 N–H and O–H groups in total. The van der Waals surface area contributed by atoms with E-state index in [0.29, 0.717) is 36.8 Å². The molecule has 2 aromatic rings. The highest BCUT2D eigenvalue weighted by atomic mass is 19.4. The first-order valence-electron chi connectivity index (χ1n) is 8.55. The highest BCUT2D eigenvalue weighted by molar-refractivity contribution is 5.75. The van der Waals surface area contributed by atoms with Gasteiger partial charge >= 0.3 is 6.18 Å². The molecule has 28 heavy (non-hydrogen) atoms. The van der Waals surface area contributed by atoms with Gasteiger partial charge in [0.2, 0.25) is 5.91 Å². The highest BCUT2D eigenvalue weighted by Crippen LogP contribution is 2.32. The van der Waals surface area contributed by atoms with Crippen molar-refractivity contribution >= 4 is 5.91 Å². The van der Waals surface area contributed by atoms with Crippen molar-refractivity contribution in [1.29, 1.82) is 5.26 Å². The van der Waals surface area contributed by atoms with E-state index in [2.05, 4.69) is 5.32 Å². The van der Waals surface area contributed by atoms with Crippen LogP contribution in [0.2, 0.25) is 0 Å². The van der Waals surface area contributed by atoms with E-state index in [1.54, 1.807) is 24.3 Å². The molecule has 0 aliphatic carbocycles. The number of rotatable bonds is 8. The number of nitriles is 1. The van der Waals surface area contributed by atoms with Gasteiger partial charge in [-0.25, -0.2) is 4.39 Å². The number of nitrogens with zero attached hydrogens (tertiary/aromatic N) is 1. The zero-order chi connectivity index (χ0) is 20.6. The Bertz CT molecular complexity index is 860. The van der Waals surface area contributed by atoms with Crippen LogP contribution in [-0.4, -0.2) is 12.5 Å². The van der Waals surface area contributed by atoms with Crippen LogP contribution in [0.25, 0.3) is 0 Å². The molecule has 0 saturated carbocycles. The Hall–Kier alpha value is -3.08. The monoisotopic (exact) mass is 394 g/mol. The number of halogens is 4. The molecule has 8 heteroatoms. The fraction of sp³-hybridized carbons (Fsp3) is 0.300. The van der Waals surface area contributed by atoms with Crippen molar-refractivity contribution in [2.75, 3.05) is 6.61 Å². The first-order valence-corrected chi connectivity index (χ1v) is 8.55. The second-order valence-electron chi connectivity index (χ2n) is 6.02. The molecule has 4 nitrogen and oxygen atoms in total. The fourth-order valence-electron chi connectivity index (χ4n) is 2.48. The smallest absolute Gasteiger partial charge is 0.416 e. The minimum absolute atomic E-state index is 0.129. The summed E-state index contributed by atoms with van der Waals surface area (Å²) < 4.78 is 57.3. The Morgan fingerprint density at radius 2 is 1.93 bits per heavy atom. The summed E-state index contributed by atoms with van der Waals surface area (Å²) in [6.45, 7) is 0.0176. The average molecular weight is 394 g/mol. The van der Waals surface area contributed by atoms with Crippen LogP contribution in [0.3, 0.4) is 0 Å². The van der Waals surface area contributed by atoms with Crippen LogP contribution in [-0.2, 0) is 17.5 Å². The summed E-state index contributed by atoms with van der Waals surface area (Å²) in [5, 5.41) is 11.2. The summed E-state index contributed by atoms with van der Waals surface area (Å²) in [5.41, 5.74) is -0.806. The van der Waals surface area contributed by atoms with Gasteiger partial charge in [-0.05, 0) is 48.7 Å². The third-order valence-corrected chi connectivity index (χ3v) is 3.88. The standard InChI is InChI=1S/C20H18F4N2O2/c21-16-8-7-15(18(11-16)20(22,23)24)13-26-19(27)6-1-2-9-28-17-5-3-4-14(10-17)12-25/h3-5,7-8,10-11H,1-2,6,9,13H2,(H,26,27). The summed E-state index contributed by atoms with van der Waals surface area (Å²) in [4.78, 5) is 11.8. The maximum absolute atomic E-state index is 13.1. The normalized spacial score (nSPS) is 11.0. The van der Waals surface area contributed by atoms with E-state index in [1.165, 1.54) is 0 Å². The minimum atomic E-state index is -4.69. The molecule has 0 unspecified atom stereocenters. The van der Waals surface area contributed by atoms with Crippen molar-refractivity contribution in [2.24, 2.45) is 0 Å². The average Bonchev–Trinajstić information content (AvgIpc) is 2.66. The highest BCUT2D eigenvalue weighted by Gasteiger charge is 2.33. The zero-order valence-corrected chi connectivity index (χ0v) is 14.9. The third-order valence-electron chi connectivity index (χ3n) is 3.88. The second-order valence-corrected chi connectivity index (χ2v) is 6.02. The van der Waals surface area contributed by atoms with E-state index in [-0.39, 0.29) is 18.5 Å². The molecule has 0 aliphatic heterocycles. The molecule has 0 atom stereocenters. The van der Waals surface area contributed by atoms with Crippen molar-refractivity contribution in [1.82, 2.24) is 5.32 Å². The molecule has 0 spiro atoms. The number of carbonyl (C=O) groups is 1. The lowest BCUT2D eigenvalue weighted by Gasteiger charge is -2.13. The summed E-state index contributed by atoms with van der Waals surface area (Å²) in [5.74, 6) is -0.828. The van der Waals surface area contributed by atoms with E-state index in [9.17, 15) is 22.4 Å². The molecule has 0 fully saturated rings. The molecule has 148 valence electrons. The van der Waals surface area contributed by atoms with E-state index in [1.807, 2.05) is 6.07 Å². The summed E-state index contributed by atoms with van der Waals surface area (Å²) in [7, 11) is 0. The Labute approximate surface area is 159 Å². The summed E-state index contributed by atoms with van der Waals surface area (Å²) in [6.07, 6.45) is -3.51. The van der Waals surface area contributed by atoms with Crippen molar-refractivity contribution < 1.29 is 27.1 Å². The quantitative estimate of drug-likeness (QED) is 0.527. The lowest BCUT2D eigenvalue weighted by atomic mass is 10.1. The number of unbranched alkanes of at least 4 members (excludes halogenated alkanes) is 1. The van der Waals surface area contributed by atoms with E-state index in [0.717, 1.165) is 12.1 Å². The molecule has 2 rings (SSSR count). The molecule has 0 bridgehead atoms. The maximum Gasteiger partial charge on any atom is 0.416 e. The number of hydrogen-bond acceptors (Lipinski definition) is 3.